The van der Waals surface area contributed by atoms with Crippen LogP contribution in [0.15, 0.2) is 53.7 Å². The van der Waals surface area contributed by atoms with Gasteiger partial charge in [-0.15, -0.1) is 5.10 Å². The minimum absolute atomic E-state index is 0.222. The van der Waals surface area contributed by atoms with Crippen LogP contribution in [-0.2, 0) is 13.6 Å². The van der Waals surface area contributed by atoms with E-state index in [-0.39, 0.29) is 24.7 Å². The van der Waals surface area contributed by atoms with Crippen molar-refractivity contribution in [2.24, 2.45) is 7.05 Å². The molecule has 0 unspecified atom stereocenters. The minimum atomic E-state index is -0.260. The number of carbonyl (C=O) groups excluding carboxylic acids is 1. The third-order valence-electron chi connectivity index (χ3n) is 4.23. The third kappa shape index (κ3) is 3.22. The molecular formula is C18H17N7O2. The average molecular weight is 363 g/mol. The Morgan fingerprint density at radius 3 is 2.93 bits per heavy atom. The molecule has 3 aromatic heterocycles. The third-order valence-corrected chi connectivity index (χ3v) is 4.23. The van der Waals surface area contributed by atoms with E-state index in [1.807, 2.05) is 6.07 Å². The van der Waals surface area contributed by atoms with Crippen LogP contribution in [0.4, 0.5) is 0 Å². The molecule has 4 aromatic rings. The van der Waals surface area contributed by atoms with Gasteiger partial charge < -0.3 is 10.3 Å². The Bertz CT molecular complexity index is 1160. The van der Waals surface area contributed by atoms with Crippen LogP contribution < -0.4 is 11.0 Å². The van der Waals surface area contributed by atoms with Gasteiger partial charge in [0, 0.05) is 25.4 Å². The maximum atomic E-state index is 12.3. The molecule has 4 rings (SSSR count). The number of amides is 1. The fourth-order valence-electron chi connectivity index (χ4n) is 2.81. The SMILES string of the molecule is Cn1c(-c2ccccn2)nn(CCNC(=O)c2ccc3nc[nH]c3c2)c1=O. The maximum absolute atomic E-state index is 12.3. The molecule has 9 nitrogen and oxygen atoms in total. The number of rotatable bonds is 5. The van der Waals surface area contributed by atoms with Crippen LogP contribution in [0.3, 0.4) is 0 Å². The van der Waals surface area contributed by atoms with Crippen LogP contribution in [0.25, 0.3) is 22.6 Å². The first kappa shape index (κ1) is 16.7. The number of aromatic nitrogens is 6. The van der Waals surface area contributed by atoms with Gasteiger partial charge in [0.2, 0.25) is 0 Å². The molecule has 0 bridgehead atoms. The molecule has 0 saturated carbocycles. The Morgan fingerprint density at radius 2 is 2.11 bits per heavy atom. The Hall–Kier alpha value is -3.75. The summed E-state index contributed by atoms with van der Waals surface area (Å²) in [5.74, 6) is 0.261. The van der Waals surface area contributed by atoms with E-state index in [4.69, 9.17) is 0 Å². The summed E-state index contributed by atoms with van der Waals surface area (Å²) in [6.07, 6.45) is 3.23. The molecule has 0 saturated heterocycles. The van der Waals surface area contributed by atoms with E-state index < -0.39 is 0 Å². The van der Waals surface area contributed by atoms with Gasteiger partial charge in [-0.05, 0) is 30.3 Å². The first-order valence-corrected chi connectivity index (χ1v) is 8.40. The van der Waals surface area contributed by atoms with Crippen molar-refractivity contribution in [3.8, 4) is 11.5 Å². The van der Waals surface area contributed by atoms with Gasteiger partial charge in [0.15, 0.2) is 5.82 Å². The van der Waals surface area contributed by atoms with E-state index in [0.29, 0.717) is 17.1 Å². The van der Waals surface area contributed by atoms with Gasteiger partial charge in [0.25, 0.3) is 5.91 Å². The Labute approximate surface area is 153 Å². The van der Waals surface area contributed by atoms with Crippen molar-refractivity contribution < 1.29 is 4.79 Å². The highest BCUT2D eigenvalue weighted by molar-refractivity contribution is 5.97. The van der Waals surface area contributed by atoms with Gasteiger partial charge in [-0.2, -0.15) is 0 Å². The van der Waals surface area contributed by atoms with E-state index in [0.717, 1.165) is 11.0 Å². The van der Waals surface area contributed by atoms with E-state index in [9.17, 15) is 9.59 Å². The summed E-state index contributed by atoms with van der Waals surface area (Å²) in [6.45, 7) is 0.538. The number of hydrogen-bond acceptors (Lipinski definition) is 5. The van der Waals surface area contributed by atoms with Gasteiger partial charge in [-0.25, -0.2) is 14.5 Å². The van der Waals surface area contributed by atoms with Gasteiger partial charge in [0.05, 0.1) is 23.9 Å². The summed E-state index contributed by atoms with van der Waals surface area (Å²) in [4.78, 5) is 36.0. The number of hydrogen-bond donors (Lipinski definition) is 2. The predicted molar refractivity (Wildman–Crippen MR) is 99.1 cm³/mol. The smallest absolute Gasteiger partial charge is 0.346 e. The van der Waals surface area contributed by atoms with Gasteiger partial charge in [-0.3, -0.25) is 14.3 Å². The Morgan fingerprint density at radius 1 is 1.22 bits per heavy atom. The van der Waals surface area contributed by atoms with Crippen LogP contribution >= 0.6 is 0 Å². The molecule has 1 amide bonds. The molecule has 0 aliphatic rings. The molecule has 2 N–H and O–H groups in total. The highest BCUT2D eigenvalue weighted by atomic mass is 16.2. The lowest BCUT2D eigenvalue weighted by Crippen LogP contribution is -2.31. The van der Waals surface area contributed by atoms with Crippen molar-refractivity contribution in [3.05, 3.63) is 65.0 Å². The van der Waals surface area contributed by atoms with E-state index in [1.165, 1.54) is 9.25 Å². The zero-order valence-corrected chi connectivity index (χ0v) is 14.6. The number of fused-ring (bicyclic) bond motifs is 1. The molecule has 0 atom stereocenters. The molecule has 1 aromatic carbocycles. The lowest BCUT2D eigenvalue weighted by Gasteiger charge is -2.05. The Balaban J connectivity index is 1.44. The van der Waals surface area contributed by atoms with Crippen molar-refractivity contribution in [2.75, 3.05) is 6.54 Å². The number of nitrogens with one attached hydrogen (secondary N) is 2. The second-order valence-electron chi connectivity index (χ2n) is 5.99. The highest BCUT2D eigenvalue weighted by Crippen LogP contribution is 2.12. The number of imidazole rings is 1. The molecule has 0 spiro atoms. The number of aromatic amines is 1. The fraction of sp³-hybridized carbons (Fsp3) is 0.167. The molecule has 0 aliphatic heterocycles. The number of H-pyrrole nitrogens is 1. The number of pyridine rings is 1. The normalized spacial score (nSPS) is 11.0. The minimum Gasteiger partial charge on any atom is -0.350 e. The summed E-state index contributed by atoms with van der Waals surface area (Å²) >= 11 is 0. The van der Waals surface area contributed by atoms with E-state index in [2.05, 4.69) is 25.4 Å². The van der Waals surface area contributed by atoms with Gasteiger partial charge in [-0.1, -0.05) is 6.07 Å². The molecule has 0 aliphatic carbocycles. The zero-order valence-electron chi connectivity index (χ0n) is 14.6. The molecule has 9 heteroatoms. The first-order valence-electron chi connectivity index (χ1n) is 8.40. The zero-order chi connectivity index (χ0) is 18.8. The standard InChI is InChI=1S/C18H17N7O2/c1-24-16(14-4-2-3-7-19-14)23-25(18(24)27)9-8-20-17(26)12-5-6-13-15(10-12)22-11-21-13/h2-7,10-11H,8-9H2,1H3,(H,20,26)(H,21,22). The van der Waals surface area contributed by atoms with Gasteiger partial charge in [0.1, 0.15) is 5.69 Å². The van der Waals surface area contributed by atoms with Crippen molar-refractivity contribution in [3.63, 3.8) is 0 Å². The fourth-order valence-corrected chi connectivity index (χ4v) is 2.81. The summed E-state index contributed by atoms with van der Waals surface area (Å²) in [6, 6.07) is 10.7. The molecule has 136 valence electrons. The number of nitrogens with zero attached hydrogens (tertiary/aromatic N) is 5. The molecule has 0 fully saturated rings. The van der Waals surface area contributed by atoms with Crippen LogP contribution in [0.2, 0.25) is 0 Å². The number of benzene rings is 1. The van der Waals surface area contributed by atoms with Crippen molar-refractivity contribution in [1.29, 1.82) is 0 Å². The first-order chi connectivity index (χ1) is 13.1. The average Bonchev–Trinajstić information content (AvgIpc) is 3.28. The van der Waals surface area contributed by atoms with Crippen molar-refractivity contribution >= 4 is 16.9 Å². The lowest BCUT2D eigenvalue weighted by molar-refractivity contribution is 0.0952. The second kappa shape index (κ2) is 6.87. The summed E-state index contributed by atoms with van der Waals surface area (Å²) in [7, 11) is 1.65. The molecule has 3 heterocycles. The Kier molecular flexibility index (Phi) is 4.25. The van der Waals surface area contributed by atoms with Crippen LogP contribution in [0.1, 0.15) is 10.4 Å². The predicted octanol–water partition coefficient (Wildman–Crippen LogP) is 0.950. The largest absolute Gasteiger partial charge is 0.350 e. The van der Waals surface area contributed by atoms with E-state index in [1.54, 1.807) is 49.9 Å². The molecular weight excluding hydrogens is 346 g/mol. The quantitative estimate of drug-likeness (QED) is 0.548. The van der Waals surface area contributed by atoms with E-state index >= 15 is 0 Å². The number of carbonyl (C=O) groups is 1. The monoisotopic (exact) mass is 363 g/mol. The van der Waals surface area contributed by atoms with Crippen LogP contribution in [0.5, 0.6) is 0 Å². The van der Waals surface area contributed by atoms with Crippen LogP contribution in [-0.4, -0.2) is 41.8 Å². The topological polar surface area (TPSA) is 110 Å². The van der Waals surface area contributed by atoms with Crippen LogP contribution in [0, 0.1) is 0 Å². The molecule has 0 radical (unpaired) electrons. The second-order valence-corrected chi connectivity index (χ2v) is 5.99. The van der Waals surface area contributed by atoms with Crippen molar-refractivity contribution in [1.82, 2.24) is 34.6 Å². The maximum Gasteiger partial charge on any atom is 0.346 e. The van der Waals surface area contributed by atoms with Crippen molar-refractivity contribution in [2.45, 2.75) is 6.54 Å². The molecule has 27 heavy (non-hydrogen) atoms. The van der Waals surface area contributed by atoms with Gasteiger partial charge >= 0.3 is 5.69 Å². The highest BCUT2D eigenvalue weighted by Gasteiger charge is 2.13. The summed E-state index contributed by atoms with van der Waals surface area (Å²) < 4.78 is 2.76. The summed E-state index contributed by atoms with van der Waals surface area (Å²) in [5.41, 5.74) is 2.48. The lowest BCUT2D eigenvalue weighted by atomic mass is 10.2. The summed E-state index contributed by atoms with van der Waals surface area (Å²) in [5, 5.41) is 7.13.